The molecule has 0 atom stereocenters. The lowest BCUT2D eigenvalue weighted by atomic mass is 9.85. The van der Waals surface area contributed by atoms with E-state index in [-0.39, 0.29) is 17.7 Å². The summed E-state index contributed by atoms with van der Waals surface area (Å²) in [6.07, 6.45) is 3.92. The van der Waals surface area contributed by atoms with Crippen molar-refractivity contribution >= 4 is 34.0 Å². The third-order valence-electron chi connectivity index (χ3n) is 5.67. The van der Waals surface area contributed by atoms with Crippen LogP contribution in [0.15, 0.2) is 18.2 Å². The molecule has 1 aromatic carbocycles. The minimum atomic E-state index is -0.00488. The Balaban J connectivity index is 1.32. The summed E-state index contributed by atoms with van der Waals surface area (Å²) in [5.41, 5.74) is 4.28. The number of aromatic nitrogens is 1. The van der Waals surface area contributed by atoms with E-state index in [0.717, 1.165) is 48.5 Å². The first kappa shape index (κ1) is 19.1. The molecule has 4 rings (SSSR count). The molecule has 0 unspecified atom stereocenters. The molecule has 0 radical (unpaired) electrons. The summed E-state index contributed by atoms with van der Waals surface area (Å²) >= 11 is 1.54. The topological polar surface area (TPSA) is 74.3 Å². The molecular formula is C21H26N4O2S. The second kappa shape index (κ2) is 8.01. The molecule has 1 saturated carbocycles. The number of carbonyl (C=O) groups is 2. The van der Waals surface area contributed by atoms with Crippen LogP contribution in [0.3, 0.4) is 0 Å². The van der Waals surface area contributed by atoms with Crippen LogP contribution in [0, 0.1) is 19.8 Å². The van der Waals surface area contributed by atoms with Gasteiger partial charge in [-0.25, -0.2) is 4.98 Å². The standard InChI is InChI=1S/C21H26N4O2S/c1-13-6-7-16(10-14(13)2)22-19(26)12-25-9-8-17-18(11-25)28-21(23-17)24-20(27)15-4-3-5-15/h6-7,10,15H,3-5,8-9,11-12H2,1-2H3,(H,22,26)(H,23,24,27). The third kappa shape index (κ3) is 4.25. The smallest absolute Gasteiger partial charge is 0.238 e. The number of fused-ring (bicyclic) bond motifs is 1. The molecule has 2 amide bonds. The van der Waals surface area contributed by atoms with Crippen molar-refractivity contribution in [1.82, 2.24) is 9.88 Å². The van der Waals surface area contributed by atoms with Crippen LogP contribution >= 0.6 is 11.3 Å². The van der Waals surface area contributed by atoms with Gasteiger partial charge in [0.05, 0.1) is 12.2 Å². The van der Waals surface area contributed by atoms with E-state index >= 15 is 0 Å². The maximum atomic E-state index is 12.4. The first-order chi connectivity index (χ1) is 13.5. The Labute approximate surface area is 169 Å². The zero-order valence-electron chi connectivity index (χ0n) is 16.4. The highest BCUT2D eigenvalue weighted by Crippen LogP contribution is 2.31. The molecule has 2 aromatic rings. The summed E-state index contributed by atoms with van der Waals surface area (Å²) in [6.45, 7) is 5.96. The Morgan fingerprint density at radius 1 is 1.21 bits per heavy atom. The van der Waals surface area contributed by atoms with Crippen molar-refractivity contribution in [3.8, 4) is 0 Å². The Bertz CT molecular complexity index is 904. The molecule has 0 saturated heterocycles. The molecule has 148 valence electrons. The molecule has 0 bridgehead atoms. The van der Waals surface area contributed by atoms with Crippen LogP contribution in [0.2, 0.25) is 0 Å². The monoisotopic (exact) mass is 398 g/mol. The number of amides is 2. The molecule has 1 aliphatic heterocycles. The van der Waals surface area contributed by atoms with Gasteiger partial charge in [0.2, 0.25) is 11.8 Å². The minimum absolute atomic E-state index is 0.00488. The molecular weight excluding hydrogens is 372 g/mol. The van der Waals surface area contributed by atoms with Crippen LogP contribution in [0.1, 0.15) is 41.0 Å². The number of aryl methyl sites for hydroxylation is 2. The number of anilines is 2. The molecule has 7 heteroatoms. The Kier molecular flexibility index (Phi) is 5.46. The molecule has 2 N–H and O–H groups in total. The van der Waals surface area contributed by atoms with Gasteiger partial charge in [-0.05, 0) is 49.9 Å². The van der Waals surface area contributed by atoms with Crippen molar-refractivity contribution in [3.63, 3.8) is 0 Å². The molecule has 6 nitrogen and oxygen atoms in total. The van der Waals surface area contributed by atoms with Gasteiger partial charge in [0.15, 0.2) is 5.13 Å². The second-order valence-electron chi connectivity index (χ2n) is 7.81. The highest BCUT2D eigenvalue weighted by Gasteiger charge is 2.27. The van der Waals surface area contributed by atoms with Crippen molar-refractivity contribution in [2.45, 2.75) is 46.1 Å². The maximum Gasteiger partial charge on any atom is 0.238 e. The molecule has 1 aromatic heterocycles. The molecule has 2 aliphatic rings. The SMILES string of the molecule is Cc1ccc(NC(=O)CN2CCc3nc(NC(=O)C4CCC4)sc3C2)cc1C. The Hall–Kier alpha value is -2.25. The number of carbonyl (C=O) groups excluding carboxylic acids is 2. The van der Waals surface area contributed by atoms with Crippen molar-refractivity contribution in [2.24, 2.45) is 5.92 Å². The van der Waals surface area contributed by atoms with Crippen molar-refractivity contribution in [1.29, 1.82) is 0 Å². The maximum absolute atomic E-state index is 12.4. The Morgan fingerprint density at radius 2 is 2.04 bits per heavy atom. The van der Waals surface area contributed by atoms with Crippen LogP contribution in [-0.4, -0.2) is 34.8 Å². The zero-order valence-corrected chi connectivity index (χ0v) is 17.2. The van der Waals surface area contributed by atoms with E-state index in [1.54, 1.807) is 0 Å². The van der Waals surface area contributed by atoms with E-state index in [9.17, 15) is 9.59 Å². The first-order valence-corrected chi connectivity index (χ1v) is 10.7. The fourth-order valence-corrected chi connectivity index (χ4v) is 4.59. The van der Waals surface area contributed by atoms with Gasteiger partial charge in [-0.2, -0.15) is 0 Å². The molecule has 2 heterocycles. The zero-order chi connectivity index (χ0) is 19.7. The fraction of sp³-hybridized carbons (Fsp3) is 0.476. The van der Waals surface area contributed by atoms with Crippen LogP contribution in [0.5, 0.6) is 0 Å². The van der Waals surface area contributed by atoms with Crippen LogP contribution in [0.4, 0.5) is 10.8 Å². The van der Waals surface area contributed by atoms with Gasteiger partial charge in [-0.3, -0.25) is 14.5 Å². The average Bonchev–Trinajstić information content (AvgIpc) is 2.97. The van der Waals surface area contributed by atoms with Gasteiger partial charge in [-0.15, -0.1) is 11.3 Å². The Morgan fingerprint density at radius 3 is 2.75 bits per heavy atom. The highest BCUT2D eigenvalue weighted by atomic mass is 32.1. The fourth-order valence-electron chi connectivity index (χ4n) is 3.54. The number of nitrogens with one attached hydrogen (secondary N) is 2. The lowest BCUT2D eigenvalue weighted by Gasteiger charge is -2.25. The summed E-state index contributed by atoms with van der Waals surface area (Å²) in [4.78, 5) is 32.4. The summed E-state index contributed by atoms with van der Waals surface area (Å²) in [5, 5.41) is 6.66. The third-order valence-corrected chi connectivity index (χ3v) is 6.67. The normalized spacial score (nSPS) is 16.9. The number of hydrogen-bond donors (Lipinski definition) is 2. The van der Waals surface area contributed by atoms with E-state index in [0.29, 0.717) is 18.2 Å². The van der Waals surface area contributed by atoms with E-state index in [4.69, 9.17) is 0 Å². The number of nitrogens with zero attached hydrogens (tertiary/aromatic N) is 2. The highest BCUT2D eigenvalue weighted by molar-refractivity contribution is 7.15. The van der Waals surface area contributed by atoms with Crippen molar-refractivity contribution < 1.29 is 9.59 Å². The van der Waals surface area contributed by atoms with Gasteiger partial charge >= 0.3 is 0 Å². The average molecular weight is 399 g/mol. The van der Waals surface area contributed by atoms with Gasteiger partial charge in [0.25, 0.3) is 0 Å². The lowest BCUT2D eigenvalue weighted by molar-refractivity contribution is -0.122. The van der Waals surface area contributed by atoms with Crippen molar-refractivity contribution in [2.75, 3.05) is 23.7 Å². The second-order valence-corrected chi connectivity index (χ2v) is 8.90. The molecule has 1 fully saturated rings. The number of rotatable bonds is 5. The summed E-state index contributed by atoms with van der Waals surface area (Å²) in [6, 6.07) is 5.96. The largest absolute Gasteiger partial charge is 0.325 e. The van der Waals surface area contributed by atoms with E-state index in [1.165, 1.54) is 22.5 Å². The van der Waals surface area contributed by atoms with Crippen LogP contribution in [-0.2, 0) is 22.6 Å². The van der Waals surface area contributed by atoms with Gasteiger partial charge < -0.3 is 10.6 Å². The quantitative estimate of drug-likeness (QED) is 0.808. The lowest BCUT2D eigenvalue weighted by Crippen LogP contribution is -2.36. The van der Waals surface area contributed by atoms with Crippen LogP contribution < -0.4 is 10.6 Å². The van der Waals surface area contributed by atoms with Gasteiger partial charge in [-0.1, -0.05) is 12.5 Å². The molecule has 1 aliphatic carbocycles. The number of thiazole rings is 1. The number of hydrogen-bond acceptors (Lipinski definition) is 5. The summed E-state index contributed by atoms with van der Waals surface area (Å²) in [5.74, 6) is 0.253. The van der Waals surface area contributed by atoms with E-state index < -0.39 is 0 Å². The van der Waals surface area contributed by atoms with E-state index in [2.05, 4.69) is 27.4 Å². The predicted octanol–water partition coefficient (Wildman–Crippen LogP) is 3.50. The van der Waals surface area contributed by atoms with Gasteiger partial charge in [0, 0.05) is 36.0 Å². The first-order valence-electron chi connectivity index (χ1n) is 9.87. The molecule has 28 heavy (non-hydrogen) atoms. The van der Waals surface area contributed by atoms with Gasteiger partial charge in [0.1, 0.15) is 0 Å². The number of benzene rings is 1. The van der Waals surface area contributed by atoms with Crippen LogP contribution in [0.25, 0.3) is 0 Å². The van der Waals surface area contributed by atoms with Crippen molar-refractivity contribution in [3.05, 3.63) is 39.9 Å². The predicted molar refractivity (Wildman–Crippen MR) is 112 cm³/mol. The summed E-state index contributed by atoms with van der Waals surface area (Å²) < 4.78 is 0. The minimum Gasteiger partial charge on any atom is -0.325 e. The summed E-state index contributed by atoms with van der Waals surface area (Å²) in [7, 11) is 0. The molecule has 0 spiro atoms. The van der Waals surface area contributed by atoms with E-state index in [1.807, 2.05) is 25.1 Å².